The van der Waals surface area contributed by atoms with E-state index in [9.17, 15) is 0 Å². The molecule has 14 heavy (non-hydrogen) atoms. The molecule has 0 saturated carbocycles. The summed E-state index contributed by atoms with van der Waals surface area (Å²) < 4.78 is 2.13. The highest BCUT2D eigenvalue weighted by Gasteiger charge is 2.04. The molecule has 0 fully saturated rings. The lowest BCUT2D eigenvalue weighted by Gasteiger charge is -1.92. The summed E-state index contributed by atoms with van der Waals surface area (Å²) in [7, 11) is 2.06. The molecule has 0 aliphatic heterocycles. The number of aryl methyl sites for hydroxylation is 1. The lowest BCUT2D eigenvalue weighted by Crippen LogP contribution is -1.82. The van der Waals surface area contributed by atoms with Crippen molar-refractivity contribution in [1.82, 2.24) is 9.55 Å². The van der Waals surface area contributed by atoms with E-state index < -0.39 is 0 Å². The molecule has 0 saturated heterocycles. The van der Waals surface area contributed by atoms with Crippen LogP contribution >= 0.6 is 0 Å². The SMILES string of the molecule is C/C=C\Cc1cn(C)c2cccnc12. The Morgan fingerprint density at radius 1 is 1.50 bits per heavy atom. The van der Waals surface area contributed by atoms with Gasteiger partial charge in [0, 0.05) is 19.4 Å². The van der Waals surface area contributed by atoms with Gasteiger partial charge in [0.2, 0.25) is 0 Å². The molecule has 2 heterocycles. The van der Waals surface area contributed by atoms with Gasteiger partial charge in [-0.2, -0.15) is 0 Å². The molecule has 2 aromatic heterocycles. The fourth-order valence-corrected chi connectivity index (χ4v) is 1.69. The van der Waals surface area contributed by atoms with Gasteiger partial charge in [0.15, 0.2) is 0 Å². The van der Waals surface area contributed by atoms with Gasteiger partial charge >= 0.3 is 0 Å². The van der Waals surface area contributed by atoms with Crippen LogP contribution in [0.5, 0.6) is 0 Å². The zero-order chi connectivity index (χ0) is 9.97. The first kappa shape index (κ1) is 9.00. The Morgan fingerprint density at radius 3 is 3.14 bits per heavy atom. The topological polar surface area (TPSA) is 17.8 Å². The van der Waals surface area contributed by atoms with Crippen molar-refractivity contribution in [1.29, 1.82) is 0 Å². The monoisotopic (exact) mass is 186 g/mol. The van der Waals surface area contributed by atoms with E-state index in [0.717, 1.165) is 11.9 Å². The molecule has 0 aliphatic carbocycles. The minimum Gasteiger partial charge on any atom is -0.349 e. The van der Waals surface area contributed by atoms with Crippen LogP contribution in [0.4, 0.5) is 0 Å². The molecule has 2 aromatic rings. The number of aromatic nitrogens is 2. The van der Waals surface area contributed by atoms with Gasteiger partial charge in [-0.15, -0.1) is 0 Å². The molecule has 2 heteroatoms. The molecule has 0 radical (unpaired) electrons. The molecule has 0 amide bonds. The zero-order valence-corrected chi connectivity index (χ0v) is 8.57. The first-order valence-corrected chi connectivity index (χ1v) is 4.83. The number of hydrogen-bond acceptors (Lipinski definition) is 1. The van der Waals surface area contributed by atoms with Gasteiger partial charge in [-0.3, -0.25) is 4.98 Å². The summed E-state index contributed by atoms with van der Waals surface area (Å²) in [5.74, 6) is 0. The standard InChI is InChI=1S/C12H14N2/c1-3-4-6-10-9-14(2)11-7-5-8-13-12(10)11/h3-5,7-9H,6H2,1-2H3/b4-3-. The third-order valence-electron chi connectivity index (χ3n) is 2.39. The average Bonchev–Trinajstić information content (AvgIpc) is 2.54. The third-order valence-corrected chi connectivity index (χ3v) is 2.39. The molecule has 0 unspecified atom stereocenters. The van der Waals surface area contributed by atoms with Crippen molar-refractivity contribution in [3.63, 3.8) is 0 Å². The number of fused-ring (bicyclic) bond motifs is 1. The van der Waals surface area contributed by atoms with E-state index in [1.165, 1.54) is 11.1 Å². The molecule has 0 N–H and O–H groups in total. The summed E-state index contributed by atoms with van der Waals surface area (Å²) in [6.07, 6.45) is 9.19. The molecule has 0 atom stereocenters. The summed E-state index contributed by atoms with van der Waals surface area (Å²) in [6, 6.07) is 4.07. The van der Waals surface area contributed by atoms with E-state index in [1.807, 2.05) is 19.2 Å². The van der Waals surface area contributed by atoms with E-state index >= 15 is 0 Å². The summed E-state index contributed by atoms with van der Waals surface area (Å²) in [5, 5.41) is 0. The van der Waals surface area contributed by atoms with Crippen LogP contribution < -0.4 is 0 Å². The van der Waals surface area contributed by atoms with E-state index in [2.05, 4.69) is 41.0 Å². The normalized spacial score (nSPS) is 11.6. The van der Waals surface area contributed by atoms with Crippen LogP contribution in [0.2, 0.25) is 0 Å². The van der Waals surface area contributed by atoms with Gasteiger partial charge in [-0.1, -0.05) is 12.2 Å². The quantitative estimate of drug-likeness (QED) is 0.659. The lowest BCUT2D eigenvalue weighted by atomic mass is 10.2. The van der Waals surface area contributed by atoms with Gasteiger partial charge < -0.3 is 4.57 Å². The number of nitrogens with zero attached hydrogens (tertiary/aromatic N) is 2. The highest BCUT2D eigenvalue weighted by molar-refractivity contribution is 5.79. The first-order valence-electron chi connectivity index (χ1n) is 4.83. The number of pyridine rings is 1. The number of allylic oxidation sites excluding steroid dienone is 2. The largest absolute Gasteiger partial charge is 0.349 e. The molecular formula is C12H14N2. The van der Waals surface area contributed by atoms with Gasteiger partial charge in [0.1, 0.15) is 0 Å². The van der Waals surface area contributed by atoms with Crippen molar-refractivity contribution in [2.24, 2.45) is 7.05 Å². The van der Waals surface area contributed by atoms with Crippen LogP contribution in [-0.4, -0.2) is 9.55 Å². The van der Waals surface area contributed by atoms with Crippen LogP contribution in [0.25, 0.3) is 11.0 Å². The molecule has 2 rings (SSSR count). The maximum atomic E-state index is 4.40. The van der Waals surface area contributed by atoms with E-state index in [0.29, 0.717) is 0 Å². The van der Waals surface area contributed by atoms with Gasteiger partial charge in [-0.05, 0) is 31.0 Å². The Hall–Kier alpha value is -1.57. The maximum absolute atomic E-state index is 4.40. The number of rotatable bonds is 2. The Labute approximate surface area is 83.9 Å². The Kier molecular flexibility index (Phi) is 2.35. The van der Waals surface area contributed by atoms with Crippen LogP contribution in [0.3, 0.4) is 0 Å². The fraction of sp³-hybridized carbons (Fsp3) is 0.250. The highest BCUT2D eigenvalue weighted by Crippen LogP contribution is 2.18. The highest BCUT2D eigenvalue weighted by atomic mass is 14.9. The maximum Gasteiger partial charge on any atom is 0.0915 e. The summed E-state index contributed by atoms with van der Waals surface area (Å²) in [6.45, 7) is 2.04. The molecule has 0 bridgehead atoms. The van der Waals surface area contributed by atoms with Crippen molar-refractivity contribution in [2.75, 3.05) is 0 Å². The molecular weight excluding hydrogens is 172 g/mol. The molecule has 0 aromatic carbocycles. The van der Waals surface area contributed by atoms with Crippen molar-refractivity contribution in [3.8, 4) is 0 Å². The molecule has 72 valence electrons. The summed E-state index contributed by atoms with van der Waals surface area (Å²) in [4.78, 5) is 4.40. The van der Waals surface area contributed by atoms with E-state index in [-0.39, 0.29) is 0 Å². The number of hydrogen-bond donors (Lipinski definition) is 0. The van der Waals surface area contributed by atoms with Crippen molar-refractivity contribution < 1.29 is 0 Å². The van der Waals surface area contributed by atoms with E-state index in [4.69, 9.17) is 0 Å². The second kappa shape index (κ2) is 3.66. The molecule has 2 nitrogen and oxygen atoms in total. The van der Waals surface area contributed by atoms with Gasteiger partial charge in [-0.25, -0.2) is 0 Å². The Balaban J connectivity index is 2.55. The van der Waals surface area contributed by atoms with Crippen LogP contribution in [0, 0.1) is 0 Å². The average molecular weight is 186 g/mol. The lowest BCUT2D eigenvalue weighted by molar-refractivity contribution is 0.959. The Bertz CT molecular complexity index is 466. The Morgan fingerprint density at radius 2 is 2.36 bits per heavy atom. The van der Waals surface area contributed by atoms with Crippen molar-refractivity contribution in [3.05, 3.63) is 42.2 Å². The van der Waals surface area contributed by atoms with Crippen LogP contribution in [0.15, 0.2) is 36.7 Å². The predicted octanol–water partition coefficient (Wildman–Crippen LogP) is 2.69. The third kappa shape index (κ3) is 1.43. The summed E-state index contributed by atoms with van der Waals surface area (Å²) >= 11 is 0. The fourth-order valence-electron chi connectivity index (χ4n) is 1.69. The van der Waals surface area contributed by atoms with Crippen molar-refractivity contribution >= 4 is 11.0 Å². The van der Waals surface area contributed by atoms with Crippen molar-refractivity contribution in [2.45, 2.75) is 13.3 Å². The molecule has 0 aliphatic rings. The van der Waals surface area contributed by atoms with Gasteiger partial charge in [0.25, 0.3) is 0 Å². The van der Waals surface area contributed by atoms with Gasteiger partial charge in [0.05, 0.1) is 11.0 Å². The van der Waals surface area contributed by atoms with Crippen LogP contribution in [0.1, 0.15) is 12.5 Å². The van der Waals surface area contributed by atoms with E-state index in [1.54, 1.807) is 0 Å². The second-order valence-electron chi connectivity index (χ2n) is 3.41. The van der Waals surface area contributed by atoms with Crippen LogP contribution in [-0.2, 0) is 13.5 Å². The predicted molar refractivity (Wildman–Crippen MR) is 59.2 cm³/mol. The minimum atomic E-state index is 0.963. The smallest absolute Gasteiger partial charge is 0.0915 e. The zero-order valence-electron chi connectivity index (χ0n) is 8.57. The summed E-state index contributed by atoms with van der Waals surface area (Å²) in [5.41, 5.74) is 3.61. The molecule has 0 spiro atoms. The minimum absolute atomic E-state index is 0.963. The second-order valence-corrected chi connectivity index (χ2v) is 3.41. The first-order chi connectivity index (χ1) is 6.83.